The van der Waals surface area contributed by atoms with Gasteiger partial charge in [0, 0.05) is 17.2 Å². The third-order valence-corrected chi connectivity index (χ3v) is 4.98. The number of fused-ring (bicyclic) bond motifs is 4. The number of pyridine rings is 1. The molecule has 0 unspecified atom stereocenters. The molecule has 3 aromatic rings. The molecule has 0 N–H and O–H groups in total. The Kier molecular flexibility index (Phi) is 2.37. The molecule has 98 valence electrons. The maximum atomic E-state index is 4.42. The van der Waals surface area contributed by atoms with Gasteiger partial charge in [-0.2, -0.15) is 0 Å². The molecule has 1 aliphatic carbocycles. The molecular formula is C18H14BrN. The van der Waals surface area contributed by atoms with Crippen molar-refractivity contribution in [2.45, 2.75) is 19.3 Å². The van der Waals surface area contributed by atoms with E-state index in [0.29, 0.717) is 0 Å². The van der Waals surface area contributed by atoms with Crippen LogP contribution in [0.3, 0.4) is 0 Å². The summed E-state index contributed by atoms with van der Waals surface area (Å²) in [5.74, 6) is 0. The van der Waals surface area contributed by atoms with E-state index in [1.807, 2.05) is 6.20 Å². The van der Waals surface area contributed by atoms with E-state index in [2.05, 4.69) is 77.2 Å². The highest BCUT2D eigenvalue weighted by Crippen LogP contribution is 2.51. The summed E-state index contributed by atoms with van der Waals surface area (Å²) < 4.78 is 0.959. The number of hydrogen-bond donors (Lipinski definition) is 0. The van der Waals surface area contributed by atoms with E-state index < -0.39 is 0 Å². The summed E-state index contributed by atoms with van der Waals surface area (Å²) in [5.41, 5.74) is 5.32. The van der Waals surface area contributed by atoms with E-state index in [4.69, 9.17) is 0 Å². The summed E-state index contributed by atoms with van der Waals surface area (Å²) in [6.45, 7) is 4.55. The zero-order valence-electron chi connectivity index (χ0n) is 11.4. The minimum atomic E-state index is -0.0121. The lowest BCUT2D eigenvalue weighted by atomic mass is 9.82. The van der Waals surface area contributed by atoms with Gasteiger partial charge in [0.25, 0.3) is 0 Å². The van der Waals surface area contributed by atoms with E-state index in [-0.39, 0.29) is 5.41 Å². The molecule has 1 aliphatic rings. The van der Waals surface area contributed by atoms with Crippen LogP contribution in [0.25, 0.3) is 21.9 Å². The Morgan fingerprint density at radius 2 is 1.65 bits per heavy atom. The molecule has 0 aliphatic heterocycles. The van der Waals surface area contributed by atoms with Gasteiger partial charge in [-0.05, 0) is 61.6 Å². The fourth-order valence-electron chi connectivity index (χ4n) is 3.37. The summed E-state index contributed by atoms with van der Waals surface area (Å²) in [4.78, 5) is 4.42. The molecule has 0 radical (unpaired) electrons. The van der Waals surface area contributed by atoms with Crippen molar-refractivity contribution in [3.63, 3.8) is 0 Å². The standard InChI is InChI=1S/C18H14BrN/c1-18(2)15-10-12-6-4-3-5-11(12)9-14(15)13-7-8-20-17(19)16(13)18/h3-10H,1-2H3. The van der Waals surface area contributed by atoms with E-state index in [1.165, 1.54) is 33.0 Å². The van der Waals surface area contributed by atoms with Gasteiger partial charge in [0.2, 0.25) is 0 Å². The SMILES string of the molecule is CC1(C)c2cc3ccccc3cc2-c2ccnc(Br)c21. The van der Waals surface area contributed by atoms with Crippen LogP contribution in [-0.4, -0.2) is 4.98 Å². The predicted octanol–water partition coefficient (Wildman–Crippen LogP) is 5.30. The molecule has 0 saturated heterocycles. The molecule has 0 spiro atoms. The highest BCUT2D eigenvalue weighted by molar-refractivity contribution is 9.10. The minimum absolute atomic E-state index is 0.0121. The Bertz CT molecular complexity index is 849. The molecule has 0 amide bonds. The second-order valence-electron chi connectivity index (χ2n) is 5.89. The van der Waals surface area contributed by atoms with Crippen LogP contribution < -0.4 is 0 Å². The van der Waals surface area contributed by atoms with Crippen LogP contribution >= 0.6 is 15.9 Å². The Labute approximate surface area is 126 Å². The first kappa shape index (κ1) is 12.1. The van der Waals surface area contributed by atoms with Crippen LogP contribution in [0, 0.1) is 0 Å². The molecule has 1 heterocycles. The van der Waals surface area contributed by atoms with Gasteiger partial charge in [-0.25, -0.2) is 4.98 Å². The zero-order valence-corrected chi connectivity index (χ0v) is 13.0. The minimum Gasteiger partial charge on any atom is -0.249 e. The molecule has 4 rings (SSSR count). The highest BCUT2D eigenvalue weighted by Gasteiger charge is 2.37. The number of benzene rings is 2. The van der Waals surface area contributed by atoms with Gasteiger partial charge in [-0.1, -0.05) is 38.1 Å². The summed E-state index contributed by atoms with van der Waals surface area (Å²) in [6.07, 6.45) is 1.88. The molecule has 1 nitrogen and oxygen atoms in total. The highest BCUT2D eigenvalue weighted by atomic mass is 79.9. The second-order valence-corrected chi connectivity index (χ2v) is 6.65. The first-order chi connectivity index (χ1) is 9.59. The Hall–Kier alpha value is -1.67. The Morgan fingerprint density at radius 3 is 2.40 bits per heavy atom. The van der Waals surface area contributed by atoms with Crippen molar-refractivity contribution in [2.75, 3.05) is 0 Å². The largest absolute Gasteiger partial charge is 0.249 e. The summed E-state index contributed by atoms with van der Waals surface area (Å²) in [7, 11) is 0. The lowest BCUT2D eigenvalue weighted by Crippen LogP contribution is -2.16. The Balaban J connectivity index is 2.16. The first-order valence-corrected chi connectivity index (χ1v) is 7.57. The normalized spacial score (nSPS) is 15.2. The summed E-state index contributed by atoms with van der Waals surface area (Å²) in [6, 6.07) is 15.3. The maximum Gasteiger partial charge on any atom is 0.110 e. The zero-order chi connectivity index (χ0) is 13.9. The third-order valence-electron chi connectivity index (χ3n) is 4.38. The van der Waals surface area contributed by atoms with Crippen molar-refractivity contribution < 1.29 is 0 Å². The van der Waals surface area contributed by atoms with Crippen LogP contribution in [0.4, 0.5) is 0 Å². The monoisotopic (exact) mass is 323 g/mol. The van der Waals surface area contributed by atoms with Crippen molar-refractivity contribution in [3.05, 3.63) is 64.4 Å². The van der Waals surface area contributed by atoms with Crippen LogP contribution in [-0.2, 0) is 5.41 Å². The Morgan fingerprint density at radius 1 is 0.950 bits per heavy atom. The lowest BCUT2D eigenvalue weighted by molar-refractivity contribution is 0.653. The van der Waals surface area contributed by atoms with Gasteiger partial charge in [0.1, 0.15) is 4.60 Å². The van der Waals surface area contributed by atoms with Gasteiger partial charge in [-0.15, -0.1) is 0 Å². The molecule has 0 atom stereocenters. The number of rotatable bonds is 0. The maximum absolute atomic E-state index is 4.42. The van der Waals surface area contributed by atoms with Gasteiger partial charge >= 0.3 is 0 Å². The van der Waals surface area contributed by atoms with Crippen molar-refractivity contribution in [3.8, 4) is 11.1 Å². The smallest absolute Gasteiger partial charge is 0.110 e. The van der Waals surface area contributed by atoms with Gasteiger partial charge in [-0.3, -0.25) is 0 Å². The number of aromatic nitrogens is 1. The van der Waals surface area contributed by atoms with Crippen molar-refractivity contribution >= 4 is 26.7 Å². The molecule has 0 saturated carbocycles. The fraction of sp³-hybridized carbons (Fsp3) is 0.167. The molecule has 2 heteroatoms. The summed E-state index contributed by atoms with van der Waals surface area (Å²) in [5, 5.41) is 2.60. The first-order valence-electron chi connectivity index (χ1n) is 6.77. The van der Waals surface area contributed by atoms with Crippen LogP contribution in [0.15, 0.2) is 53.3 Å². The third kappa shape index (κ3) is 1.46. The van der Waals surface area contributed by atoms with Gasteiger partial charge in [0.15, 0.2) is 0 Å². The quantitative estimate of drug-likeness (QED) is 0.511. The number of hydrogen-bond acceptors (Lipinski definition) is 1. The van der Waals surface area contributed by atoms with Crippen molar-refractivity contribution in [2.24, 2.45) is 0 Å². The molecular weight excluding hydrogens is 310 g/mol. The van der Waals surface area contributed by atoms with Crippen LogP contribution in [0.2, 0.25) is 0 Å². The van der Waals surface area contributed by atoms with E-state index >= 15 is 0 Å². The average Bonchev–Trinajstić information content (AvgIpc) is 2.66. The fourth-order valence-corrected chi connectivity index (χ4v) is 4.20. The predicted molar refractivity (Wildman–Crippen MR) is 87.0 cm³/mol. The van der Waals surface area contributed by atoms with Gasteiger partial charge < -0.3 is 0 Å². The van der Waals surface area contributed by atoms with Crippen molar-refractivity contribution in [1.29, 1.82) is 0 Å². The van der Waals surface area contributed by atoms with Gasteiger partial charge in [0.05, 0.1) is 0 Å². The van der Waals surface area contributed by atoms with E-state index in [1.54, 1.807) is 0 Å². The molecule has 1 aromatic heterocycles. The second kappa shape index (κ2) is 3.92. The average molecular weight is 324 g/mol. The van der Waals surface area contributed by atoms with Crippen LogP contribution in [0.5, 0.6) is 0 Å². The van der Waals surface area contributed by atoms with Crippen LogP contribution in [0.1, 0.15) is 25.0 Å². The van der Waals surface area contributed by atoms with E-state index in [0.717, 1.165) is 4.60 Å². The molecule has 2 aromatic carbocycles. The molecule has 0 bridgehead atoms. The summed E-state index contributed by atoms with van der Waals surface area (Å²) >= 11 is 3.63. The topological polar surface area (TPSA) is 12.9 Å². The van der Waals surface area contributed by atoms with Crippen molar-refractivity contribution in [1.82, 2.24) is 4.98 Å². The number of halogens is 1. The molecule has 20 heavy (non-hydrogen) atoms. The number of nitrogens with zero attached hydrogens (tertiary/aromatic N) is 1. The van der Waals surface area contributed by atoms with E-state index in [9.17, 15) is 0 Å². The lowest BCUT2D eigenvalue weighted by Gasteiger charge is -2.22. The molecule has 0 fully saturated rings.